The molecule has 1 nitrogen and oxygen atoms in total. The van der Waals surface area contributed by atoms with Gasteiger partial charge in [-0.1, -0.05) is 149 Å². The number of halogens is 1. The minimum absolute atomic E-state index is 0. The Bertz CT molecular complexity index is 218. The fraction of sp³-hybridized carbons (Fsp3) is 1.00. The maximum Gasteiger partial charge on any atom is -0.0471 e. The van der Waals surface area contributed by atoms with E-state index in [2.05, 4.69) is 20.8 Å². The zero-order valence-corrected chi connectivity index (χ0v) is 19.9. The first kappa shape index (κ1) is 31.0. The standard InChI is InChI=1S/C24H50.ClH.H3N/c1-4-5-6-7-8-9-10-11-12-13-14-15-16-17-18-19-20-21-22-23-24(2)3;;/h24H,4-23H2,1-3H3;1H;1H3. The Morgan fingerprint density at radius 1 is 0.423 bits per heavy atom. The molecule has 0 rings (SSSR count). The first-order valence-corrected chi connectivity index (χ1v) is 11.8. The van der Waals surface area contributed by atoms with E-state index in [1.165, 1.54) is 128 Å². The highest BCUT2D eigenvalue weighted by molar-refractivity contribution is 4.51. The van der Waals surface area contributed by atoms with Gasteiger partial charge < -0.3 is 18.6 Å². The topological polar surface area (TPSA) is 36.5 Å². The molecule has 2 heteroatoms. The third-order valence-electron chi connectivity index (χ3n) is 5.39. The van der Waals surface area contributed by atoms with Crippen LogP contribution in [0.25, 0.3) is 0 Å². The van der Waals surface area contributed by atoms with Crippen molar-refractivity contribution in [1.82, 2.24) is 6.15 Å². The molecule has 0 saturated heterocycles. The highest BCUT2D eigenvalue weighted by Crippen LogP contribution is 2.15. The van der Waals surface area contributed by atoms with E-state index in [1.54, 1.807) is 0 Å². The van der Waals surface area contributed by atoms with Gasteiger partial charge in [0.2, 0.25) is 0 Å². The van der Waals surface area contributed by atoms with Crippen molar-refractivity contribution in [2.45, 2.75) is 149 Å². The molecule has 0 amide bonds. The molecule has 0 aromatic carbocycles. The largest absolute Gasteiger partial charge is 1.00 e. The fourth-order valence-electron chi connectivity index (χ4n) is 3.63. The summed E-state index contributed by atoms with van der Waals surface area (Å²) in [5.74, 6) is 0.899. The Morgan fingerprint density at radius 3 is 0.885 bits per heavy atom. The summed E-state index contributed by atoms with van der Waals surface area (Å²) >= 11 is 0. The Kier molecular flexibility index (Phi) is 32.7. The summed E-state index contributed by atoms with van der Waals surface area (Å²) in [7, 11) is 0. The minimum Gasteiger partial charge on any atom is -1.00 e. The predicted octanol–water partition coefficient (Wildman–Crippen LogP) is 6.84. The van der Waals surface area contributed by atoms with Gasteiger partial charge in [0, 0.05) is 0 Å². The molecule has 0 atom stereocenters. The quantitative estimate of drug-likeness (QED) is 0.220. The lowest BCUT2D eigenvalue weighted by atomic mass is 10.0. The SMILES string of the molecule is CCCCCCCCCCCCCCCCCCCCCC(C)C.[Cl-].[NH4+]. The van der Waals surface area contributed by atoms with Crippen LogP contribution < -0.4 is 18.6 Å². The van der Waals surface area contributed by atoms with E-state index in [-0.39, 0.29) is 18.6 Å². The van der Waals surface area contributed by atoms with Gasteiger partial charge in [0.25, 0.3) is 0 Å². The monoisotopic (exact) mass is 391 g/mol. The van der Waals surface area contributed by atoms with Crippen molar-refractivity contribution in [2.24, 2.45) is 5.92 Å². The molecule has 0 bridgehead atoms. The minimum atomic E-state index is 0. The van der Waals surface area contributed by atoms with E-state index in [1.807, 2.05) is 0 Å². The van der Waals surface area contributed by atoms with Gasteiger partial charge in [-0.15, -0.1) is 0 Å². The number of hydrogen-bond donors (Lipinski definition) is 1. The van der Waals surface area contributed by atoms with Crippen LogP contribution in [0.3, 0.4) is 0 Å². The van der Waals surface area contributed by atoms with E-state index < -0.39 is 0 Å². The first-order chi connectivity index (χ1) is 11.8. The summed E-state index contributed by atoms with van der Waals surface area (Å²) in [6.07, 6.45) is 29.5. The molecular formula is C24H54ClN. The van der Waals surface area contributed by atoms with Crippen LogP contribution >= 0.6 is 0 Å². The Balaban J connectivity index is -0.00000264. The molecule has 0 aliphatic heterocycles. The molecule has 0 spiro atoms. The predicted molar refractivity (Wildman–Crippen MR) is 119 cm³/mol. The Morgan fingerprint density at radius 2 is 0.654 bits per heavy atom. The van der Waals surface area contributed by atoms with E-state index in [9.17, 15) is 0 Å². The maximum atomic E-state index is 2.34. The number of rotatable bonds is 20. The molecule has 0 heterocycles. The van der Waals surface area contributed by atoms with Gasteiger partial charge in [0.05, 0.1) is 0 Å². The van der Waals surface area contributed by atoms with Crippen LogP contribution in [0, 0.1) is 5.92 Å². The van der Waals surface area contributed by atoms with Crippen LogP contribution in [0.4, 0.5) is 0 Å². The molecule has 0 aromatic rings. The number of unbranched alkanes of at least 4 members (excludes halogenated alkanes) is 18. The van der Waals surface area contributed by atoms with Crippen LogP contribution in [0.5, 0.6) is 0 Å². The van der Waals surface area contributed by atoms with Crippen molar-refractivity contribution >= 4 is 0 Å². The lowest BCUT2D eigenvalue weighted by molar-refractivity contribution is -0.00000606. The first-order valence-electron chi connectivity index (χ1n) is 11.8. The molecule has 0 radical (unpaired) electrons. The molecule has 0 aromatic heterocycles. The summed E-state index contributed by atoms with van der Waals surface area (Å²) in [4.78, 5) is 0. The third kappa shape index (κ3) is 29.0. The summed E-state index contributed by atoms with van der Waals surface area (Å²) in [6, 6.07) is 0. The molecule has 4 N–H and O–H groups in total. The van der Waals surface area contributed by atoms with Crippen molar-refractivity contribution in [3.8, 4) is 0 Å². The molecule has 0 saturated carbocycles. The second-order valence-electron chi connectivity index (χ2n) is 8.55. The van der Waals surface area contributed by atoms with Crippen LogP contribution in [0.15, 0.2) is 0 Å². The van der Waals surface area contributed by atoms with E-state index in [0.29, 0.717) is 0 Å². The van der Waals surface area contributed by atoms with Crippen molar-refractivity contribution in [3.63, 3.8) is 0 Å². The Labute approximate surface area is 173 Å². The second kappa shape index (κ2) is 27.5. The summed E-state index contributed by atoms with van der Waals surface area (Å²) in [5, 5.41) is 0. The van der Waals surface area contributed by atoms with Gasteiger partial charge >= 0.3 is 0 Å². The maximum absolute atomic E-state index is 2.34. The zero-order chi connectivity index (χ0) is 17.7. The van der Waals surface area contributed by atoms with Crippen molar-refractivity contribution in [2.75, 3.05) is 0 Å². The van der Waals surface area contributed by atoms with Crippen molar-refractivity contribution in [1.29, 1.82) is 0 Å². The summed E-state index contributed by atoms with van der Waals surface area (Å²) in [5.41, 5.74) is 0. The van der Waals surface area contributed by atoms with Crippen LogP contribution in [0.2, 0.25) is 0 Å². The van der Waals surface area contributed by atoms with Gasteiger partial charge in [-0.05, 0) is 5.92 Å². The summed E-state index contributed by atoms with van der Waals surface area (Å²) in [6.45, 7) is 6.98. The van der Waals surface area contributed by atoms with Crippen LogP contribution in [-0.2, 0) is 0 Å². The average Bonchev–Trinajstić information content (AvgIpc) is 2.56. The van der Waals surface area contributed by atoms with Crippen molar-refractivity contribution < 1.29 is 12.4 Å². The number of quaternary nitrogens is 1. The highest BCUT2D eigenvalue weighted by atomic mass is 35.5. The van der Waals surface area contributed by atoms with E-state index >= 15 is 0 Å². The lowest BCUT2D eigenvalue weighted by Gasteiger charge is -2.05. The van der Waals surface area contributed by atoms with Crippen molar-refractivity contribution in [3.05, 3.63) is 0 Å². The second-order valence-corrected chi connectivity index (χ2v) is 8.55. The lowest BCUT2D eigenvalue weighted by Crippen LogP contribution is -3.00. The summed E-state index contributed by atoms with van der Waals surface area (Å²) < 4.78 is 0. The zero-order valence-electron chi connectivity index (χ0n) is 19.1. The normalized spacial score (nSPS) is 10.6. The Hall–Kier alpha value is 0.250. The molecule has 162 valence electrons. The van der Waals surface area contributed by atoms with Gasteiger partial charge in [0.15, 0.2) is 0 Å². The average molecular weight is 392 g/mol. The molecular weight excluding hydrogens is 338 g/mol. The highest BCUT2D eigenvalue weighted by Gasteiger charge is 1.96. The molecule has 0 unspecified atom stereocenters. The van der Waals surface area contributed by atoms with Crippen LogP contribution in [0.1, 0.15) is 149 Å². The van der Waals surface area contributed by atoms with Gasteiger partial charge in [-0.2, -0.15) is 0 Å². The van der Waals surface area contributed by atoms with E-state index in [4.69, 9.17) is 0 Å². The smallest absolute Gasteiger partial charge is 0.0471 e. The molecule has 0 aliphatic carbocycles. The fourth-order valence-corrected chi connectivity index (χ4v) is 3.63. The molecule has 0 aliphatic rings. The number of hydrogen-bond acceptors (Lipinski definition) is 0. The van der Waals surface area contributed by atoms with Gasteiger partial charge in [-0.25, -0.2) is 0 Å². The van der Waals surface area contributed by atoms with Gasteiger partial charge in [0.1, 0.15) is 0 Å². The molecule has 0 fully saturated rings. The third-order valence-corrected chi connectivity index (χ3v) is 5.39. The molecule has 26 heavy (non-hydrogen) atoms. The van der Waals surface area contributed by atoms with E-state index in [0.717, 1.165) is 5.92 Å². The van der Waals surface area contributed by atoms with Gasteiger partial charge in [-0.3, -0.25) is 0 Å². The van der Waals surface area contributed by atoms with Crippen LogP contribution in [-0.4, -0.2) is 0 Å².